The molecular weight excluding hydrogens is 222 g/mol. The Bertz CT molecular complexity index is 686. The molecule has 0 amide bonds. The van der Waals surface area contributed by atoms with Gasteiger partial charge in [-0.25, -0.2) is 9.78 Å². The normalized spacial score (nSPS) is 10.8. The van der Waals surface area contributed by atoms with Crippen LogP contribution < -0.4 is 5.63 Å². The summed E-state index contributed by atoms with van der Waals surface area (Å²) in [5.41, 5.74) is 1.09. The van der Waals surface area contributed by atoms with Crippen molar-refractivity contribution in [1.29, 1.82) is 0 Å². The van der Waals surface area contributed by atoms with Crippen LogP contribution in [-0.2, 0) is 0 Å². The van der Waals surface area contributed by atoms with Crippen molar-refractivity contribution in [3.05, 3.63) is 52.3 Å². The molecule has 2 heterocycles. The molecule has 3 rings (SSSR count). The second-order valence-electron chi connectivity index (χ2n) is 3.31. The van der Waals surface area contributed by atoms with Gasteiger partial charge in [0.25, 0.3) is 0 Å². The Morgan fingerprint density at radius 1 is 1.25 bits per heavy atom. The highest BCUT2D eigenvalue weighted by Gasteiger charge is 2.08. The van der Waals surface area contributed by atoms with Gasteiger partial charge in [0.15, 0.2) is 0 Å². The predicted octanol–water partition coefficient (Wildman–Crippen LogP) is 2.92. The maximum Gasteiger partial charge on any atom is 0.336 e. The number of aromatic nitrogens is 1. The van der Waals surface area contributed by atoms with Gasteiger partial charge >= 0.3 is 5.63 Å². The molecule has 0 aliphatic rings. The Labute approximate surface area is 95.0 Å². The van der Waals surface area contributed by atoms with E-state index in [0.29, 0.717) is 5.58 Å². The zero-order valence-electron chi connectivity index (χ0n) is 8.21. The summed E-state index contributed by atoms with van der Waals surface area (Å²) in [5.74, 6) is 0. The van der Waals surface area contributed by atoms with Crippen molar-refractivity contribution in [3.8, 4) is 10.6 Å². The third-order valence-corrected chi connectivity index (χ3v) is 3.12. The molecule has 1 aromatic carbocycles. The van der Waals surface area contributed by atoms with Crippen LogP contribution in [0.2, 0.25) is 0 Å². The van der Waals surface area contributed by atoms with Crippen molar-refractivity contribution in [1.82, 2.24) is 4.98 Å². The largest absolute Gasteiger partial charge is 0.423 e. The summed E-state index contributed by atoms with van der Waals surface area (Å²) < 4.78 is 5.12. The molecular formula is C12H7NO2S. The van der Waals surface area contributed by atoms with Crippen LogP contribution in [0.15, 0.2) is 51.1 Å². The van der Waals surface area contributed by atoms with Crippen LogP contribution in [-0.4, -0.2) is 4.98 Å². The summed E-state index contributed by atoms with van der Waals surface area (Å²) in [4.78, 5) is 15.6. The van der Waals surface area contributed by atoms with Crippen molar-refractivity contribution in [2.45, 2.75) is 0 Å². The van der Waals surface area contributed by atoms with E-state index in [2.05, 4.69) is 4.98 Å². The van der Waals surface area contributed by atoms with Crippen LogP contribution in [0.25, 0.3) is 21.5 Å². The molecule has 0 bridgehead atoms. The molecule has 0 atom stereocenters. The predicted molar refractivity (Wildman–Crippen MR) is 63.6 cm³/mol. The van der Waals surface area contributed by atoms with E-state index in [0.717, 1.165) is 16.0 Å². The summed E-state index contributed by atoms with van der Waals surface area (Å²) in [6.07, 6.45) is 1.73. The van der Waals surface area contributed by atoms with E-state index in [1.165, 1.54) is 17.4 Å². The lowest BCUT2D eigenvalue weighted by Gasteiger charge is -2.01. The molecule has 16 heavy (non-hydrogen) atoms. The second kappa shape index (κ2) is 3.57. The fourth-order valence-electron chi connectivity index (χ4n) is 1.64. The molecule has 0 fully saturated rings. The molecule has 3 aromatic rings. The minimum Gasteiger partial charge on any atom is -0.423 e. The third kappa shape index (κ3) is 1.44. The number of fused-ring (bicyclic) bond motifs is 1. The van der Waals surface area contributed by atoms with Crippen LogP contribution in [0.3, 0.4) is 0 Å². The van der Waals surface area contributed by atoms with Crippen LogP contribution in [0, 0.1) is 0 Å². The first kappa shape index (κ1) is 9.30. The van der Waals surface area contributed by atoms with Crippen molar-refractivity contribution < 1.29 is 4.42 Å². The molecule has 2 aromatic heterocycles. The first-order valence-electron chi connectivity index (χ1n) is 4.77. The average Bonchev–Trinajstić information content (AvgIpc) is 2.81. The van der Waals surface area contributed by atoms with E-state index < -0.39 is 0 Å². The Balaban J connectivity index is 2.44. The van der Waals surface area contributed by atoms with Gasteiger partial charge in [0.1, 0.15) is 10.6 Å². The van der Waals surface area contributed by atoms with Crippen molar-refractivity contribution in [3.63, 3.8) is 0 Å². The van der Waals surface area contributed by atoms with Gasteiger partial charge in [-0.15, -0.1) is 11.3 Å². The van der Waals surface area contributed by atoms with Crippen molar-refractivity contribution >= 4 is 22.3 Å². The quantitative estimate of drug-likeness (QED) is 0.602. The number of benzene rings is 1. The van der Waals surface area contributed by atoms with Gasteiger partial charge in [-0.2, -0.15) is 0 Å². The third-order valence-electron chi connectivity index (χ3n) is 2.31. The maximum absolute atomic E-state index is 11.4. The standard InChI is InChI=1S/C12H7NO2S/c14-11-7-9(12-13-5-6-16-12)8-3-1-2-4-10(8)15-11/h1-7H. The van der Waals surface area contributed by atoms with Crippen molar-refractivity contribution in [2.24, 2.45) is 0 Å². The number of hydrogen-bond acceptors (Lipinski definition) is 4. The van der Waals surface area contributed by atoms with Crippen LogP contribution in [0.4, 0.5) is 0 Å². The SMILES string of the molecule is O=c1cc(-c2nccs2)c2ccccc2o1. The zero-order chi connectivity index (χ0) is 11.0. The molecule has 0 N–H and O–H groups in total. The number of para-hydroxylation sites is 1. The Morgan fingerprint density at radius 2 is 2.12 bits per heavy atom. The van der Waals surface area contributed by atoms with Gasteiger partial charge in [-0.1, -0.05) is 18.2 Å². The van der Waals surface area contributed by atoms with E-state index in [1.54, 1.807) is 12.3 Å². The van der Waals surface area contributed by atoms with Crippen LogP contribution in [0.5, 0.6) is 0 Å². The minimum atomic E-state index is -0.344. The molecule has 78 valence electrons. The lowest BCUT2D eigenvalue weighted by Crippen LogP contribution is -1.97. The fraction of sp³-hybridized carbons (Fsp3) is 0. The summed E-state index contributed by atoms with van der Waals surface area (Å²) in [7, 11) is 0. The number of thiazole rings is 1. The van der Waals surface area contributed by atoms with E-state index in [9.17, 15) is 4.79 Å². The molecule has 0 saturated carbocycles. The van der Waals surface area contributed by atoms with Crippen LogP contribution in [0.1, 0.15) is 0 Å². The van der Waals surface area contributed by atoms with Gasteiger partial charge in [-0.05, 0) is 6.07 Å². The maximum atomic E-state index is 11.4. The van der Waals surface area contributed by atoms with E-state index in [1.807, 2.05) is 23.6 Å². The van der Waals surface area contributed by atoms with Gasteiger partial charge in [0.2, 0.25) is 0 Å². The first-order valence-corrected chi connectivity index (χ1v) is 5.65. The smallest absolute Gasteiger partial charge is 0.336 e. The molecule has 0 aliphatic heterocycles. The lowest BCUT2D eigenvalue weighted by atomic mass is 10.1. The Kier molecular flexibility index (Phi) is 2.08. The molecule has 0 aliphatic carbocycles. The second-order valence-corrected chi connectivity index (χ2v) is 4.21. The summed E-state index contributed by atoms with van der Waals surface area (Å²) in [6.45, 7) is 0. The zero-order valence-corrected chi connectivity index (χ0v) is 9.03. The topological polar surface area (TPSA) is 43.1 Å². The lowest BCUT2D eigenvalue weighted by molar-refractivity contribution is 0.561. The Morgan fingerprint density at radius 3 is 2.94 bits per heavy atom. The fourth-order valence-corrected chi connectivity index (χ4v) is 2.31. The average molecular weight is 229 g/mol. The highest BCUT2D eigenvalue weighted by molar-refractivity contribution is 7.13. The molecule has 0 saturated heterocycles. The first-order chi connectivity index (χ1) is 7.84. The molecule has 4 heteroatoms. The summed E-state index contributed by atoms with van der Waals surface area (Å²) in [6, 6.07) is 8.96. The minimum absolute atomic E-state index is 0.344. The molecule has 3 nitrogen and oxygen atoms in total. The van der Waals surface area contributed by atoms with Crippen molar-refractivity contribution in [2.75, 3.05) is 0 Å². The van der Waals surface area contributed by atoms with Gasteiger partial charge in [0, 0.05) is 28.6 Å². The molecule has 0 spiro atoms. The molecule has 0 radical (unpaired) electrons. The number of rotatable bonds is 1. The highest BCUT2D eigenvalue weighted by atomic mass is 32.1. The van der Waals surface area contributed by atoms with E-state index in [4.69, 9.17) is 4.42 Å². The number of nitrogens with zero attached hydrogens (tertiary/aromatic N) is 1. The van der Waals surface area contributed by atoms with E-state index in [-0.39, 0.29) is 5.63 Å². The van der Waals surface area contributed by atoms with Crippen LogP contribution >= 0.6 is 11.3 Å². The summed E-state index contributed by atoms with van der Waals surface area (Å²) in [5, 5.41) is 3.64. The monoisotopic (exact) mass is 229 g/mol. The van der Waals surface area contributed by atoms with Gasteiger partial charge in [0.05, 0.1) is 0 Å². The number of hydrogen-bond donors (Lipinski definition) is 0. The van der Waals surface area contributed by atoms with Gasteiger partial charge in [-0.3, -0.25) is 0 Å². The summed E-state index contributed by atoms with van der Waals surface area (Å²) >= 11 is 1.51. The molecule has 0 unspecified atom stereocenters. The Hall–Kier alpha value is -1.94. The van der Waals surface area contributed by atoms with Gasteiger partial charge < -0.3 is 4.42 Å². The highest BCUT2D eigenvalue weighted by Crippen LogP contribution is 2.28. The van der Waals surface area contributed by atoms with E-state index >= 15 is 0 Å².